The summed E-state index contributed by atoms with van der Waals surface area (Å²) >= 11 is 1.77. The van der Waals surface area contributed by atoms with Gasteiger partial charge in [0.1, 0.15) is 5.69 Å². The van der Waals surface area contributed by atoms with Gasteiger partial charge in [-0.3, -0.25) is 4.98 Å². The fourth-order valence-electron chi connectivity index (χ4n) is 4.82. The van der Waals surface area contributed by atoms with Crippen LogP contribution in [0, 0.1) is 12.8 Å². The quantitative estimate of drug-likeness (QED) is 0.417. The van der Waals surface area contributed by atoms with E-state index in [4.69, 9.17) is 0 Å². The van der Waals surface area contributed by atoms with Crippen LogP contribution in [0.25, 0.3) is 11.5 Å². The highest BCUT2D eigenvalue weighted by atomic mass is 32.2. The van der Waals surface area contributed by atoms with Gasteiger partial charge < -0.3 is 14.4 Å². The van der Waals surface area contributed by atoms with Crippen LogP contribution in [0.15, 0.2) is 48.0 Å². The third kappa shape index (κ3) is 4.32. The first-order valence-electron chi connectivity index (χ1n) is 11.0. The van der Waals surface area contributed by atoms with E-state index >= 15 is 0 Å². The van der Waals surface area contributed by atoms with Crippen LogP contribution in [0.2, 0.25) is 0 Å². The number of fused-ring (bicyclic) bond motifs is 1. The van der Waals surface area contributed by atoms with Crippen LogP contribution in [0.5, 0.6) is 0 Å². The molecule has 2 unspecified atom stereocenters. The number of aryl methyl sites for hydroxylation is 1. The lowest BCUT2D eigenvalue weighted by Gasteiger charge is -2.27. The molecule has 0 spiro atoms. The van der Waals surface area contributed by atoms with Gasteiger partial charge in [-0.15, -0.1) is 10.2 Å². The molecule has 1 aromatic carbocycles. The molecule has 0 radical (unpaired) electrons. The summed E-state index contributed by atoms with van der Waals surface area (Å²) in [6.45, 7) is 6.92. The summed E-state index contributed by atoms with van der Waals surface area (Å²) in [6, 6.07) is 9.70. The maximum atomic E-state index is 4.35. The first-order chi connectivity index (χ1) is 15.2. The third-order valence-corrected chi connectivity index (χ3v) is 7.57. The number of hydrogen-bond donors (Lipinski definition) is 0. The van der Waals surface area contributed by atoms with Crippen LogP contribution in [0.4, 0.5) is 5.69 Å². The van der Waals surface area contributed by atoms with Gasteiger partial charge in [-0.2, -0.15) is 0 Å². The molecule has 0 bridgehead atoms. The minimum Gasteiger partial charge on any atom is -0.367 e. The number of hydrogen-bond acceptors (Lipinski definition) is 7. The lowest BCUT2D eigenvalue weighted by molar-refractivity contribution is 0.319. The van der Waals surface area contributed by atoms with E-state index in [2.05, 4.69) is 61.2 Å². The maximum Gasteiger partial charge on any atom is 0.191 e. The molecule has 7 nitrogen and oxygen atoms in total. The number of benzene rings is 1. The van der Waals surface area contributed by atoms with Crippen LogP contribution in [-0.4, -0.2) is 67.6 Å². The monoisotopic (exact) mass is 435 g/mol. The van der Waals surface area contributed by atoms with Crippen LogP contribution < -0.4 is 4.90 Å². The molecule has 0 aliphatic carbocycles. The third-order valence-electron chi connectivity index (χ3n) is 6.47. The van der Waals surface area contributed by atoms with Gasteiger partial charge in [0.15, 0.2) is 11.0 Å². The molecule has 2 aromatic heterocycles. The van der Waals surface area contributed by atoms with E-state index < -0.39 is 0 Å². The van der Waals surface area contributed by atoms with Crippen molar-refractivity contribution in [1.82, 2.24) is 29.6 Å². The summed E-state index contributed by atoms with van der Waals surface area (Å²) in [6.07, 6.45) is 7.54. The van der Waals surface area contributed by atoms with Gasteiger partial charge in [-0.25, -0.2) is 4.98 Å². The Morgan fingerprint density at radius 1 is 1.10 bits per heavy atom. The number of nitrogens with zero attached hydrogens (tertiary/aromatic N) is 7. The molecule has 2 atom stereocenters. The second kappa shape index (κ2) is 8.96. The van der Waals surface area contributed by atoms with Crippen molar-refractivity contribution in [2.45, 2.75) is 31.0 Å². The highest BCUT2D eigenvalue weighted by Crippen LogP contribution is 2.35. The number of aromatic nitrogens is 5. The van der Waals surface area contributed by atoms with E-state index in [-0.39, 0.29) is 0 Å². The van der Waals surface area contributed by atoms with Gasteiger partial charge in [0.2, 0.25) is 0 Å². The first-order valence-corrected chi connectivity index (χ1v) is 12.0. The van der Waals surface area contributed by atoms with E-state index in [9.17, 15) is 0 Å². The van der Waals surface area contributed by atoms with E-state index in [0.29, 0.717) is 6.04 Å². The van der Waals surface area contributed by atoms with Crippen LogP contribution >= 0.6 is 11.8 Å². The first kappa shape index (κ1) is 20.5. The van der Waals surface area contributed by atoms with Crippen LogP contribution in [0.1, 0.15) is 18.4 Å². The zero-order chi connectivity index (χ0) is 21.2. The predicted molar refractivity (Wildman–Crippen MR) is 124 cm³/mol. The smallest absolute Gasteiger partial charge is 0.191 e. The Hall–Kier alpha value is -2.45. The molecule has 162 valence electrons. The molecule has 0 amide bonds. The average Bonchev–Trinajstić information content (AvgIpc) is 3.47. The molecular formula is C23H29N7S. The van der Waals surface area contributed by atoms with E-state index in [1.807, 2.05) is 11.6 Å². The van der Waals surface area contributed by atoms with Crippen molar-refractivity contribution in [2.24, 2.45) is 13.0 Å². The Labute approximate surface area is 187 Å². The second-order valence-electron chi connectivity index (χ2n) is 8.56. The minimum absolute atomic E-state index is 0.670. The summed E-state index contributed by atoms with van der Waals surface area (Å²) in [7, 11) is 1.99. The van der Waals surface area contributed by atoms with Gasteiger partial charge in [0.25, 0.3) is 0 Å². The van der Waals surface area contributed by atoms with E-state index in [1.165, 1.54) is 37.3 Å². The van der Waals surface area contributed by atoms with Gasteiger partial charge in [0, 0.05) is 56.6 Å². The normalized spacial score (nSPS) is 21.0. The molecule has 2 aliphatic rings. The standard InChI is InChI=1S/C23H29N7S/c1-17-4-6-19(7-5-17)30-12-8-18-15-29(16-21(18)30)11-3-13-31-23-27-26-22(28(23)2)20-14-24-9-10-25-20/h4-7,9-10,14,18,21H,3,8,11-13,15-16H2,1-2H3. The summed E-state index contributed by atoms with van der Waals surface area (Å²) in [4.78, 5) is 13.7. The molecule has 3 aromatic rings. The molecule has 2 aliphatic heterocycles. The predicted octanol–water partition coefficient (Wildman–Crippen LogP) is 3.27. The second-order valence-corrected chi connectivity index (χ2v) is 9.62. The van der Waals surface area contributed by atoms with Gasteiger partial charge in [-0.1, -0.05) is 29.5 Å². The summed E-state index contributed by atoms with van der Waals surface area (Å²) in [5.41, 5.74) is 3.47. The molecule has 31 heavy (non-hydrogen) atoms. The Balaban J connectivity index is 1.11. The zero-order valence-electron chi connectivity index (χ0n) is 18.2. The number of likely N-dealkylation sites (tertiary alicyclic amines) is 1. The maximum absolute atomic E-state index is 4.35. The SMILES string of the molecule is Cc1ccc(N2CCC3CN(CCCSc4nnc(-c5cnccn5)n4C)CC32)cc1. The highest BCUT2D eigenvalue weighted by Gasteiger charge is 2.40. The molecule has 8 heteroatoms. The summed E-state index contributed by atoms with van der Waals surface area (Å²) < 4.78 is 2.01. The van der Waals surface area contributed by atoms with E-state index in [1.54, 1.807) is 30.4 Å². The van der Waals surface area contributed by atoms with Gasteiger partial charge in [0.05, 0.1) is 6.20 Å². The van der Waals surface area contributed by atoms with Crippen molar-refractivity contribution >= 4 is 17.4 Å². The topological polar surface area (TPSA) is 63.0 Å². The van der Waals surface area contributed by atoms with E-state index in [0.717, 1.165) is 41.3 Å². The molecule has 2 fully saturated rings. The Bertz CT molecular complexity index is 1000. The summed E-state index contributed by atoms with van der Waals surface area (Å²) in [5, 5.41) is 9.58. The van der Waals surface area contributed by atoms with Gasteiger partial charge in [-0.05, 0) is 44.4 Å². The van der Waals surface area contributed by atoms with Crippen molar-refractivity contribution in [3.63, 3.8) is 0 Å². The lowest BCUT2D eigenvalue weighted by atomic mass is 10.0. The van der Waals surface area contributed by atoms with Crippen molar-refractivity contribution in [1.29, 1.82) is 0 Å². The fourth-order valence-corrected chi connectivity index (χ4v) is 5.65. The summed E-state index contributed by atoms with van der Waals surface area (Å²) in [5.74, 6) is 2.61. The number of thioether (sulfide) groups is 1. The Morgan fingerprint density at radius 2 is 1.97 bits per heavy atom. The Morgan fingerprint density at radius 3 is 2.77 bits per heavy atom. The molecule has 4 heterocycles. The van der Waals surface area contributed by atoms with Crippen molar-refractivity contribution < 1.29 is 0 Å². The molecule has 5 rings (SSSR count). The molecule has 2 saturated heterocycles. The van der Waals surface area contributed by atoms with Gasteiger partial charge >= 0.3 is 0 Å². The zero-order valence-corrected chi connectivity index (χ0v) is 19.0. The lowest BCUT2D eigenvalue weighted by Crippen LogP contribution is -2.35. The number of rotatable bonds is 7. The van der Waals surface area contributed by atoms with Crippen molar-refractivity contribution in [2.75, 3.05) is 36.8 Å². The average molecular weight is 436 g/mol. The fraction of sp³-hybridized carbons (Fsp3) is 0.478. The largest absolute Gasteiger partial charge is 0.367 e. The number of anilines is 1. The Kier molecular flexibility index (Phi) is 5.91. The van der Waals surface area contributed by atoms with Crippen molar-refractivity contribution in [3.05, 3.63) is 48.4 Å². The highest BCUT2D eigenvalue weighted by molar-refractivity contribution is 7.99. The molecule has 0 N–H and O–H groups in total. The molecule has 0 saturated carbocycles. The molecular weight excluding hydrogens is 406 g/mol. The van der Waals surface area contributed by atoms with Crippen molar-refractivity contribution in [3.8, 4) is 11.5 Å². The van der Waals surface area contributed by atoms with Crippen LogP contribution in [-0.2, 0) is 7.05 Å². The van der Waals surface area contributed by atoms with Crippen LogP contribution in [0.3, 0.4) is 0 Å². The minimum atomic E-state index is 0.670.